The summed E-state index contributed by atoms with van der Waals surface area (Å²) >= 11 is 0. The van der Waals surface area contributed by atoms with Crippen LogP contribution in [0.3, 0.4) is 0 Å². The first-order chi connectivity index (χ1) is 21.2. The van der Waals surface area contributed by atoms with E-state index in [9.17, 15) is 4.79 Å². The number of ether oxygens (including phenoxy) is 6. The van der Waals surface area contributed by atoms with Crippen molar-refractivity contribution in [3.8, 4) is 0 Å². The SMILES string of the molecule is COC(OC)[C@H](OCc1ccccc1)[C@@H](OCc1ccccc1)[C@H](OCc1ccccc1)C(=O)COCc1ccccc1. The van der Waals surface area contributed by atoms with Crippen LogP contribution in [0.25, 0.3) is 0 Å². The van der Waals surface area contributed by atoms with E-state index in [0.717, 1.165) is 22.3 Å². The number of Topliss-reactive ketones (excluding diaryl/α,β-unsaturated/α-hetero) is 1. The minimum Gasteiger partial charge on any atom is -0.369 e. The Bertz CT molecular complexity index is 1300. The average Bonchev–Trinajstić information content (AvgIpc) is 3.06. The molecule has 4 rings (SSSR count). The quantitative estimate of drug-likeness (QED) is 0.123. The van der Waals surface area contributed by atoms with Crippen LogP contribution in [0.15, 0.2) is 121 Å². The van der Waals surface area contributed by atoms with Crippen molar-refractivity contribution in [1.82, 2.24) is 0 Å². The van der Waals surface area contributed by atoms with Gasteiger partial charge in [0.05, 0.1) is 26.4 Å². The summed E-state index contributed by atoms with van der Waals surface area (Å²) in [5, 5.41) is 0. The van der Waals surface area contributed by atoms with Crippen LogP contribution in [-0.2, 0) is 59.6 Å². The standard InChI is InChI=1S/C36H40O7/c1-38-36(39-2)35(43-26-31-21-13-6-14-22-31)34(42-25-30-19-11-5-12-20-30)33(41-24-29-17-9-4-10-18-29)32(37)27-40-23-28-15-7-3-8-16-28/h3-22,33-36H,23-27H2,1-2H3/t33-,34+,35-/m1/s1. The van der Waals surface area contributed by atoms with Crippen molar-refractivity contribution in [2.24, 2.45) is 0 Å². The summed E-state index contributed by atoms with van der Waals surface area (Å²) in [6.45, 7) is 0.789. The summed E-state index contributed by atoms with van der Waals surface area (Å²) < 4.78 is 36.6. The van der Waals surface area contributed by atoms with Crippen molar-refractivity contribution in [3.63, 3.8) is 0 Å². The first kappa shape index (κ1) is 32.2. The predicted octanol–water partition coefficient (Wildman–Crippen LogP) is 6.15. The smallest absolute Gasteiger partial charge is 0.189 e. The molecule has 0 aliphatic carbocycles. The van der Waals surface area contributed by atoms with Gasteiger partial charge in [0.25, 0.3) is 0 Å². The van der Waals surface area contributed by atoms with E-state index in [0.29, 0.717) is 6.61 Å². The molecule has 0 fully saturated rings. The van der Waals surface area contributed by atoms with Crippen LogP contribution in [0.5, 0.6) is 0 Å². The minimum absolute atomic E-state index is 0.171. The highest BCUT2D eigenvalue weighted by Gasteiger charge is 2.41. The molecule has 0 saturated carbocycles. The van der Waals surface area contributed by atoms with E-state index in [2.05, 4.69) is 0 Å². The van der Waals surface area contributed by atoms with Crippen LogP contribution in [0.2, 0.25) is 0 Å². The number of hydrogen-bond acceptors (Lipinski definition) is 7. The van der Waals surface area contributed by atoms with E-state index in [1.54, 1.807) is 0 Å². The average molecular weight is 585 g/mol. The predicted molar refractivity (Wildman–Crippen MR) is 164 cm³/mol. The lowest BCUT2D eigenvalue weighted by molar-refractivity contribution is -0.239. The van der Waals surface area contributed by atoms with E-state index >= 15 is 0 Å². The summed E-state index contributed by atoms with van der Waals surface area (Å²) in [6, 6.07) is 38.9. The highest BCUT2D eigenvalue weighted by molar-refractivity contribution is 5.85. The molecule has 4 aromatic rings. The van der Waals surface area contributed by atoms with Crippen LogP contribution < -0.4 is 0 Å². The lowest BCUT2D eigenvalue weighted by Crippen LogP contribution is -2.53. The molecule has 0 spiro atoms. The van der Waals surface area contributed by atoms with Gasteiger partial charge in [0, 0.05) is 14.2 Å². The maximum atomic E-state index is 13.9. The third-order valence-electron chi connectivity index (χ3n) is 6.87. The Hall–Kier alpha value is -3.69. The molecule has 0 saturated heterocycles. The zero-order valence-corrected chi connectivity index (χ0v) is 24.7. The van der Waals surface area contributed by atoms with Crippen molar-refractivity contribution in [3.05, 3.63) is 144 Å². The molecule has 0 aliphatic heterocycles. The van der Waals surface area contributed by atoms with E-state index in [1.165, 1.54) is 14.2 Å². The molecule has 4 aromatic carbocycles. The van der Waals surface area contributed by atoms with Gasteiger partial charge in [-0.05, 0) is 22.3 Å². The highest BCUT2D eigenvalue weighted by atomic mass is 16.7. The lowest BCUT2D eigenvalue weighted by Gasteiger charge is -2.36. The molecule has 0 aromatic heterocycles. The summed E-state index contributed by atoms with van der Waals surface area (Å²) in [5.41, 5.74) is 3.79. The number of hydrogen-bond donors (Lipinski definition) is 0. The third kappa shape index (κ3) is 10.5. The molecule has 3 atom stereocenters. The van der Waals surface area contributed by atoms with Crippen molar-refractivity contribution >= 4 is 5.78 Å². The summed E-state index contributed by atoms with van der Waals surface area (Å²) in [5.74, 6) is -0.274. The Kier molecular flexibility index (Phi) is 13.6. The maximum absolute atomic E-state index is 13.9. The summed E-state index contributed by atoms with van der Waals surface area (Å²) in [6.07, 6.45) is -3.61. The van der Waals surface area contributed by atoms with Crippen LogP contribution in [0, 0.1) is 0 Å². The van der Waals surface area contributed by atoms with Gasteiger partial charge in [-0.25, -0.2) is 0 Å². The molecule has 0 aliphatic rings. The Balaban J connectivity index is 1.62. The molecule has 7 nitrogen and oxygen atoms in total. The fourth-order valence-corrected chi connectivity index (χ4v) is 4.64. The zero-order chi connectivity index (χ0) is 30.1. The van der Waals surface area contributed by atoms with Gasteiger partial charge in [0.15, 0.2) is 12.1 Å². The maximum Gasteiger partial charge on any atom is 0.189 e. The zero-order valence-electron chi connectivity index (χ0n) is 24.7. The van der Waals surface area contributed by atoms with Crippen LogP contribution in [0.1, 0.15) is 22.3 Å². The van der Waals surface area contributed by atoms with Gasteiger partial charge in [-0.2, -0.15) is 0 Å². The Labute approximate surface area is 254 Å². The Morgan fingerprint density at radius 1 is 0.512 bits per heavy atom. The van der Waals surface area contributed by atoms with Crippen molar-refractivity contribution in [2.45, 2.75) is 51.0 Å². The molecular weight excluding hydrogens is 544 g/mol. The molecule has 0 heterocycles. The number of carbonyl (C=O) groups is 1. The van der Waals surface area contributed by atoms with E-state index < -0.39 is 24.6 Å². The molecule has 0 bridgehead atoms. The monoisotopic (exact) mass is 584 g/mol. The number of carbonyl (C=O) groups excluding carboxylic acids is 1. The molecule has 226 valence electrons. The van der Waals surface area contributed by atoms with Gasteiger partial charge in [0.2, 0.25) is 0 Å². The first-order valence-corrected chi connectivity index (χ1v) is 14.3. The van der Waals surface area contributed by atoms with Crippen LogP contribution >= 0.6 is 0 Å². The number of ketones is 1. The Morgan fingerprint density at radius 2 is 0.884 bits per heavy atom. The second-order valence-corrected chi connectivity index (χ2v) is 10.0. The van der Waals surface area contributed by atoms with Crippen molar-refractivity contribution < 1.29 is 33.2 Å². The van der Waals surface area contributed by atoms with E-state index in [4.69, 9.17) is 28.4 Å². The normalized spacial score (nSPS) is 13.5. The van der Waals surface area contributed by atoms with Crippen molar-refractivity contribution in [2.75, 3.05) is 20.8 Å². The Morgan fingerprint density at radius 3 is 1.30 bits per heavy atom. The fraction of sp³-hybridized carbons (Fsp3) is 0.306. The van der Waals surface area contributed by atoms with Gasteiger partial charge in [-0.3, -0.25) is 4.79 Å². The molecule has 0 N–H and O–H groups in total. The van der Waals surface area contributed by atoms with Crippen LogP contribution in [0.4, 0.5) is 0 Å². The van der Waals surface area contributed by atoms with Gasteiger partial charge in [0.1, 0.15) is 24.9 Å². The van der Waals surface area contributed by atoms with Gasteiger partial charge in [-0.15, -0.1) is 0 Å². The minimum atomic E-state index is -1.05. The topological polar surface area (TPSA) is 72.5 Å². The molecule has 0 radical (unpaired) electrons. The summed E-state index contributed by atoms with van der Waals surface area (Å²) in [4.78, 5) is 13.9. The number of methoxy groups -OCH3 is 2. The number of rotatable bonds is 19. The second-order valence-electron chi connectivity index (χ2n) is 10.0. The lowest BCUT2D eigenvalue weighted by atomic mass is 10.0. The van der Waals surface area contributed by atoms with Gasteiger partial charge in [-0.1, -0.05) is 121 Å². The van der Waals surface area contributed by atoms with E-state index in [1.807, 2.05) is 121 Å². The van der Waals surface area contributed by atoms with Gasteiger partial charge >= 0.3 is 0 Å². The number of benzene rings is 4. The first-order valence-electron chi connectivity index (χ1n) is 14.3. The molecule has 7 heteroatoms. The summed E-state index contributed by atoms with van der Waals surface area (Å²) in [7, 11) is 3.07. The second kappa shape index (κ2) is 18.1. The van der Waals surface area contributed by atoms with Gasteiger partial charge < -0.3 is 28.4 Å². The molecule has 0 unspecified atom stereocenters. The largest absolute Gasteiger partial charge is 0.369 e. The fourth-order valence-electron chi connectivity index (χ4n) is 4.64. The molecule has 0 amide bonds. The van der Waals surface area contributed by atoms with Crippen LogP contribution in [-0.4, -0.2) is 51.2 Å². The highest BCUT2D eigenvalue weighted by Crippen LogP contribution is 2.23. The van der Waals surface area contributed by atoms with E-state index in [-0.39, 0.29) is 32.2 Å². The molecular formula is C36H40O7. The molecule has 43 heavy (non-hydrogen) atoms. The van der Waals surface area contributed by atoms with Crippen molar-refractivity contribution in [1.29, 1.82) is 0 Å². The third-order valence-corrected chi connectivity index (χ3v) is 6.87.